The molecule has 0 bridgehead atoms. The number of likely N-dealkylation sites (N-methyl/N-ethyl adjacent to an activating group) is 2. The molecule has 1 aromatic carbocycles. The van der Waals surface area contributed by atoms with E-state index in [1.165, 1.54) is 0 Å². The molecule has 1 aliphatic carbocycles. The van der Waals surface area contributed by atoms with Crippen LogP contribution in [-0.2, 0) is 11.2 Å². The maximum absolute atomic E-state index is 12.7. The second kappa shape index (κ2) is 8.61. The summed E-state index contributed by atoms with van der Waals surface area (Å²) in [6, 6.07) is 7.82. The molecule has 0 saturated carbocycles. The lowest BCUT2D eigenvalue weighted by Gasteiger charge is -2.24. The van der Waals surface area contributed by atoms with Crippen molar-refractivity contribution in [2.45, 2.75) is 32.1 Å². The quantitative estimate of drug-likeness (QED) is 0.777. The van der Waals surface area contributed by atoms with Gasteiger partial charge >= 0.3 is 0 Å². The first-order chi connectivity index (χ1) is 13.0. The van der Waals surface area contributed by atoms with E-state index >= 15 is 0 Å². The van der Waals surface area contributed by atoms with Gasteiger partial charge in [0.05, 0.1) is 0 Å². The summed E-state index contributed by atoms with van der Waals surface area (Å²) in [5.41, 5.74) is 4.99. The maximum Gasteiger partial charge on any atom is 0.253 e. The fourth-order valence-corrected chi connectivity index (χ4v) is 3.73. The summed E-state index contributed by atoms with van der Waals surface area (Å²) < 4.78 is 0. The van der Waals surface area contributed by atoms with Crippen molar-refractivity contribution >= 4 is 17.4 Å². The molecule has 1 aromatic rings. The number of dihydropyridines is 1. The molecule has 0 fully saturated rings. The molecular weight excluding hydrogens is 338 g/mol. The highest BCUT2D eigenvalue weighted by molar-refractivity contribution is 6.14. The zero-order chi connectivity index (χ0) is 19.4. The van der Waals surface area contributed by atoms with Crippen LogP contribution in [0.5, 0.6) is 0 Å². The van der Waals surface area contributed by atoms with Gasteiger partial charge in [0.15, 0.2) is 5.78 Å². The molecule has 5 nitrogen and oxygen atoms in total. The first-order valence-electron chi connectivity index (χ1n) is 9.73. The van der Waals surface area contributed by atoms with E-state index in [0.29, 0.717) is 18.5 Å². The third-order valence-corrected chi connectivity index (χ3v) is 5.34. The first-order valence-corrected chi connectivity index (χ1v) is 9.73. The maximum atomic E-state index is 12.7. The van der Waals surface area contributed by atoms with Gasteiger partial charge in [0.1, 0.15) is 6.54 Å². The number of Topliss-reactive ketones (excluding diaryl/α,β-unsaturated/α-hetero) is 1. The molecule has 3 rings (SSSR count). The zero-order valence-electron chi connectivity index (χ0n) is 16.6. The number of benzene rings is 1. The molecule has 0 atom stereocenters. The van der Waals surface area contributed by atoms with Crippen molar-refractivity contribution in [3.8, 4) is 0 Å². The van der Waals surface area contributed by atoms with Crippen LogP contribution in [0.25, 0.3) is 0 Å². The molecule has 0 spiro atoms. The van der Waals surface area contributed by atoms with Crippen molar-refractivity contribution in [1.82, 2.24) is 9.80 Å². The minimum absolute atomic E-state index is 0.0389. The molecule has 0 radical (unpaired) electrons. The Hall–Kier alpha value is -2.27. The standard InChI is InChI=1S/C22H29N3O2/c1-24(2)11-12-25(3)22(27)17-8-6-7-16(13-17)14-20-18-9-4-5-10-19(18)21(26)15-23-20/h6-8,13H,4-5,9-12,14-15H2,1-3H3. The largest absolute Gasteiger partial charge is 0.340 e. The SMILES string of the molecule is CN(C)CCN(C)C(=O)c1cccc(CC2=NCC(=O)C3=C2CCCC3)c1. The number of allylic oxidation sites excluding steroid dienone is 1. The van der Waals surface area contributed by atoms with Gasteiger partial charge in [0.2, 0.25) is 0 Å². The fraction of sp³-hybridized carbons (Fsp3) is 0.500. The van der Waals surface area contributed by atoms with Crippen LogP contribution in [0.2, 0.25) is 0 Å². The lowest BCUT2D eigenvalue weighted by Crippen LogP contribution is -2.33. The molecule has 1 aliphatic heterocycles. The number of carbonyl (C=O) groups is 2. The van der Waals surface area contributed by atoms with Crippen molar-refractivity contribution in [2.75, 3.05) is 40.8 Å². The van der Waals surface area contributed by atoms with Gasteiger partial charge in [-0.2, -0.15) is 0 Å². The molecule has 0 saturated heterocycles. The summed E-state index contributed by atoms with van der Waals surface area (Å²) in [4.78, 5) is 33.2. The van der Waals surface area contributed by atoms with E-state index in [9.17, 15) is 9.59 Å². The number of carbonyl (C=O) groups excluding carboxylic acids is 2. The third kappa shape index (κ3) is 4.72. The van der Waals surface area contributed by atoms with E-state index in [4.69, 9.17) is 0 Å². The Morgan fingerprint density at radius 3 is 2.56 bits per heavy atom. The van der Waals surface area contributed by atoms with Crippen LogP contribution in [-0.4, -0.2) is 68.0 Å². The average Bonchev–Trinajstić information content (AvgIpc) is 2.68. The molecule has 1 heterocycles. The van der Waals surface area contributed by atoms with E-state index in [1.54, 1.807) is 4.90 Å². The van der Waals surface area contributed by atoms with Crippen LogP contribution in [0.1, 0.15) is 41.6 Å². The van der Waals surface area contributed by atoms with Crippen molar-refractivity contribution in [1.29, 1.82) is 0 Å². The normalized spacial score (nSPS) is 17.0. The monoisotopic (exact) mass is 367 g/mol. The second-order valence-electron chi connectivity index (χ2n) is 7.76. The van der Waals surface area contributed by atoms with E-state index < -0.39 is 0 Å². The van der Waals surface area contributed by atoms with Crippen molar-refractivity contribution in [3.05, 3.63) is 46.5 Å². The van der Waals surface area contributed by atoms with Crippen LogP contribution < -0.4 is 0 Å². The molecule has 0 unspecified atom stereocenters. The minimum Gasteiger partial charge on any atom is -0.340 e. The predicted octanol–water partition coefficient (Wildman–Crippen LogP) is 2.76. The predicted molar refractivity (Wildman–Crippen MR) is 108 cm³/mol. The number of aliphatic imine (C=N–C) groups is 1. The molecule has 0 aromatic heterocycles. The van der Waals surface area contributed by atoms with E-state index in [-0.39, 0.29) is 18.2 Å². The van der Waals surface area contributed by atoms with E-state index in [0.717, 1.165) is 54.6 Å². The lowest BCUT2D eigenvalue weighted by molar-refractivity contribution is -0.114. The topological polar surface area (TPSA) is 53.0 Å². The van der Waals surface area contributed by atoms with Gasteiger partial charge in [-0.05, 0) is 63.0 Å². The van der Waals surface area contributed by atoms with Crippen LogP contribution in [0.3, 0.4) is 0 Å². The van der Waals surface area contributed by atoms with E-state index in [2.05, 4.69) is 9.89 Å². The Morgan fingerprint density at radius 2 is 1.81 bits per heavy atom. The Bertz CT molecular complexity index is 793. The number of hydrogen-bond acceptors (Lipinski definition) is 4. The second-order valence-corrected chi connectivity index (χ2v) is 7.76. The summed E-state index contributed by atoms with van der Waals surface area (Å²) in [6.07, 6.45) is 4.75. The van der Waals surface area contributed by atoms with Gasteiger partial charge in [0, 0.05) is 43.4 Å². The molecule has 144 valence electrons. The smallest absolute Gasteiger partial charge is 0.253 e. The number of hydrogen-bond donors (Lipinski definition) is 0. The first kappa shape index (κ1) is 19.5. The number of nitrogens with zero attached hydrogens (tertiary/aromatic N) is 3. The van der Waals surface area contributed by atoms with Crippen LogP contribution in [0, 0.1) is 0 Å². The highest BCUT2D eigenvalue weighted by Gasteiger charge is 2.26. The summed E-state index contributed by atoms with van der Waals surface area (Å²) in [7, 11) is 5.85. The highest BCUT2D eigenvalue weighted by Crippen LogP contribution is 2.30. The lowest BCUT2D eigenvalue weighted by atomic mass is 9.83. The molecule has 5 heteroatoms. The summed E-state index contributed by atoms with van der Waals surface area (Å²) in [5, 5.41) is 0. The molecule has 2 aliphatic rings. The van der Waals surface area contributed by atoms with Gasteiger partial charge in [-0.15, -0.1) is 0 Å². The highest BCUT2D eigenvalue weighted by atomic mass is 16.2. The van der Waals surface area contributed by atoms with Gasteiger partial charge in [-0.3, -0.25) is 14.6 Å². The fourth-order valence-electron chi connectivity index (χ4n) is 3.73. The Kier molecular flexibility index (Phi) is 6.22. The number of ketones is 1. The number of amides is 1. The Balaban J connectivity index is 1.73. The van der Waals surface area contributed by atoms with E-state index in [1.807, 2.05) is 45.4 Å². The minimum atomic E-state index is 0.0389. The van der Waals surface area contributed by atoms with Crippen molar-refractivity contribution < 1.29 is 9.59 Å². The van der Waals surface area contributed by atoms with Crippen molar-refractivity contribution in [3.63, 3.8) is 0 Å². The van der Waals surface area contributed by atoms with Gasteiger partial charge in [-0.25, -0.2) is 0 Å². The zero-order valence-corrected chi connectivity index (χ0v) is 16.6. The molecule has 27 heavy (non-hydrogen) atoms. The van der Waals surface area contributed by atoms with Gasteiger partial charge in [0.25, 0.3) is 5.91 Å². The molecular formula is C22H29N3O2. The van der Waals surface area contributed by atoms with Crippen molar-refractivity contribution in [2.24, 2.45) is 4.99 Å². The number of rotatable bonds is 6. The summed E-state index contributed by atoms with van der Waals surface area (Å²) in [5.74, 6) is 0.233. The van der Waals surface area contributed by atoms with Crippen LogP contribution >= 0.6 is 0 Å². The average molecular weight is 367 g/mol. The van der Waals surface area contributed by atoms with Crippen LogP contribution in [0.15, 0.2) is 40.4 Å². The molecule has 1 amide bonds. The summed E-state index contributed by atoms with van der Waals surface area (Å²) in [6.45, 7) is 1.81. The third-order valence-electron chi connectivity index (χ3n) is 5.34. The summed E-state index contributed by atoms with van der Waals surface area (Å²) >= 11 is 0. The Morgan fingerprint density at radius 1 is 1.07 bits per heavy atom. The molecule has 0 N–H and O–H groups in total. The van der Waals surface area contributed by atoms with Gasteiger partial charge < -0.3 is 9.80 Å². The Labute approximate surface area is 161 Å². The van der Waals surface area contributed by atoms with Gasteiger partial charge in [-0.1, -0.05) is 12.1 Å². The van der Waals surface area contributed by atoms with Crippen LogP contribution in [0.4, 0.5) is 0 Å².